The van der Waals surface area contributed by atoms with Gasteiger partial charge in [0.05, 0.1) is 11.8 Å². The van der Waals surface area contributed by atoms with Gasteiger partial charge in [-0.05, 0) is 46.8 Å². The maximum Gasteiger partial charge on any atom is 0.330 e. The minimum atomic E-state index is -1.11. The lowest BCUT2D eigenvalue weighted by Gasteiger charge is -2.37. The number of ketones is 1. The zero-order chi connectivity index (χ0) is 27.4. The maximum absolute atomic E-state index is 13.7. The summed E-state index contributed by atoms with van der Waals surface area (Å²) in [5.41, 5.74) is 3.25. The van der Waals surface area contributed by atoms with Crippen LogP contribution in [0, 0.1) is 35.5 Å². The van der Waals surface area contributed by atoms with E-state index in [4.69, 9.17) is 4.74 Å². The molecule has 3 aromatic carbocycles. The summed E-state index contributed by atoms with van der Waals surface area (Å²) >= 11 is 0. The number of carbonyl (C=O) groups excluding carboxylic acids is 4. The summed E-state index contributed by atoms with van der Waals surface area (Å²) in [5.74, 6) is -1.36. The van der Waals surface area contributed by atoms with E-state index in [0.29, 0.717) is 17.4 Å². The number of ether oxygens (including phenoxy) is 1. The number of amides is 2. The third kappa shape index (κ3) is 4.10. The number of likely N-dealkylation sites (tertiary alicyclic amines) is 1. The molecule has 4 aliphatic carbocycles. The van der Waals surface area contributed by atoms with Gasteiger partial charge in [-0.25, -0.2) is 4.79 Å². The van der Waals surface area contributed by atoms with E-state index < -0.39 is 30.5 Å². The highest BCUT2D eigenvalue weighted by molar-refractivity contribution is 6.09. The first kappa shape index (κ1) is 24.7. The van der Waals surface area contributed by atoms with Crippen LogP contribution in [0.2, 0.25) is 0 Å². The van der Waals surface area contributed by atoms with Gasteiger partial charge in [-0.15, -0.1) is 0 Å². The van der Waals surface area contributed by atoms with E-state index in [0.717, 1.165) is 23.1 Å². The minimum absolute atomic E-state index is 0.0651. The Bertz CT molecular complexity index is 1480. The second-order valence-electron chi connectivity index (χ2n) is 11.4. The van der Waals surface area contributed by atoms with Crippen molar-refractivity contribution in [1.29, 1.82) is 0 Å². The molecule has 1 saturated heterocycles. The van der Waals surface area contributed by atoms with Crippen molar-refractivity contribution in [2.24, 2.45) is 35.5 Å². The van der Waals surface area contributed by atoms with Gasteiger partial charge in [0.2, 0.25) is 11.8 Å². The van der Waals surface area contributed by atoms with Crippen molar-refractivity contribution in [1.82, 2.24) is 4.90 Å². The van der Waals surface area contributed by atoms with Crippen LogP contribution >= 0.6 is 0 Å². The molecular weight excluding hydrogens is 502 g/mol. The monoisotopic (exact) mass is 531 g/mol. The average Bonchev–Trinajstić information content (AvgIpc) is 3.78. The summed E-state index contributed by atoms with van der Waals surface area (Å²) in [7, 11) is 0. The van der Waals surface area contributed by atoms with Crippen LogP contribution in [0.25, 0.3) is 11.1 Å². The number of benzene rings is 3. The molecular formula is C34H29NO5. The highest BCUT2D eigenvalue weighted by Crippen LogP contribution is 2.65. The Kier molecular flexibility index (Phi) is 5.99. The summed E-state index contributed by atoms with van der Waals surface area (Å²) in [6.07, 6.45) is 5.44. The van der Waals surface area contributed by atoms with E-state index in [1.807, 2.05) is 72.8 Å². The number of esters is 1. The van der Waals surface area contributed by atoms with Gasteiger partial charge in [-0.1, -0.05) is 97.1 Å². The van der Waals surface area contributed by atoms with E-state index in [1.165, 1.54) is 4.90 Å². The number of nitrogens with zero attached hydrogens (tertiary/aromatic N) is 1. The van der Waals surface area contributed by atoms with Crippen molar-refractivity contribution in [3.05, 3.63) is 108 Å². The summed E-state index contributed by atoms with van der Waals surface area (Å²) in [5, 5.41) is 0. The third-order valence-electron chi connectivity index (χ3n) is 9.21. The zero-order valence-corrected chi connectivity index (χ0v) is 21.9. The normalized spacial score (nSPS) is 28.1. The standard InChI is InChI=1S/C34H29NO5/c36-29(23-13-11-22(12-14-23)21-9-5-2-6-10-21)19-40-34(39)28(17-20-7-3-1-4-8-20)35-32(37)30-24-15-16-25(27-18-26(24)27)31(30)33(35)38/h1-16,24-28,30-31H,17-19H2/t24-,25-,26-,27-,28-,30+,31+/m1/s1. The molecule has 0 aromatic heterocycles. The van der Waals surface area contributed by atoms with Crippen LogP contribution in [0.15, 0.2) is 97.1 Å². The van der Waals surface area contributed by atoms with Gasteiger partial charge < -0.3 is 4.74 Å². The topological polar surface area (TPSA) is 80.8 Å². The molecule has 0 spiro atoms. The fourth-order valence-corrected chi connectivity index (χ4v) is 7.20. The SMILES string of the molecule is O=C(COC(=O)[C@@H](Cc1ccccc1)N1C(=O)[C@H]2[C@@H]3C=C[C@H]([C@H]4C[C@H]34)[C@@H]2C1=O)c1ccc(-c2ccccc2)cc1. The van der Waals surface area contributed by atoms with Crippen molar-refractivity contribution >= 4 is 23.6 Å². The highest BCUT2D eigenvalue weighted by atomic mass is 16.5. The predicted octanol–water partition coefficient (Wildman–Crippen LogP) is 4.74. The largest absolute Gasteiger partial charge is 0.456 e. The van der Waals surface area contributed by atoms with E-state index in [1.54, 1.807) is 12.1 Å². The van der Waals surface area contributed by atoms with Crippen molar-refractivity contribution in [3.63, 3.8) is 0 Å². The van der Waals surface area contributed by atoms with Gasteiger partial charge in [0.25, 0.3) is 0 Å². The summed E-state index contributed by atoms with van der Waals surface area (Å²) in [6, 6.07) is 25.2. The Morgan fingerprint density at radius 3 is 1.90 bits per heavy atom. The first-order valence-electron chi connectivity index (χ1n) is 14.0. The van der Waals surface area contributed by atoms with Crippen LogP contribution in [-0.4, -0.2) is 41.1 Å². The molecule has 2 amide bonds. The molecule has 1 heterocycles. The molecule has 2 bridgehead atoms. The number of hydrogen-bond acceptors (Lipinski definition) is 5. The molecule has 0 unspecified atom stereocenters. The number of rotatable bonds is 8. The van der Waals surface area contributed by atoms with Crippen LogP contribution in [0.4, 0.5) is 0 Å². The second kappa shape index (κ2) is 9.70. The number of carbonyl (C=O) groups is 4. The highest BCUT2D eigenvalue weighted by Gasteiger charge is 2.68. The smallest absolute Gasteiger partial charge is 0.330 e. The Morgan fingerprint density at radius 1 is 0.750 bits per heavy atom. The number of hydrogen-bond donors (Lipinski definition) is 0. The van der Waals surface area contributed by atoms with Crippen LogP contribution in [0.1, 0.15) is 22.3 Å². The lowest BCUT2D eigenvalue weighted by atomic mass is 9.63. The molecule has 40 heavy (non-hydrogen) atoms. The predicted molar refractivity (Wildman–Crippen MR) is 148 cm³/mol. The Morgan fingerprint density at radius 2 is 1.30 bits per heavy atom. The quantitative estimate of drug-likeness (QED) is 0.182. The van der Waals surface area contributed by atoms with Gasteiger partial charge in [0, 0.05) is 12.0 Å². The molecule has 0 N–H and O–H groups in total. The number of imide groups is 1. The molecule has 6 nitrogen and oxygen atoms in total. The van der Waals surface area contributed by atoms with Gasteiger partial charge in [-0.2, -0.15) is 0 Å². The summed E-state index contributed by atoms with van der Waals surface area (Å²) in [6.45, 7) is -0.463. The second-order valence-corrected chi connectivity index (χ2v) is 11.4. The first-order chi connectivity index (χ1) is 19.5. The lowest BCUT2D eigenvalue weighted by molar-refractivity contribution is -0.158. The van der Waals surface area contributed by atoms with Crippen LogP contribution < -0.4 is 0 Å². The fraction of sp³-hybridized carbons (Fsp3) is 0.294. The Labute approximate surface area is 232 Å². The van der Waals surface area contributed by atoms with Crippen molar-refractivity contribution in [2.75, 3.05) is 6.61 Å². The molecule has 200 valence electrons. The first-order valence-corrected chi connectivity index (χ1v) is 14.0. The zero-order valence-electron chi connectivity index (χ0n) is 21.9. The van der Waals surface area contributed by atoms with Crippen molar-refractivity contribution < 1.29 is 23.9 Å². The van der Waals surface area contributed by atoms with Crippen LogP contribution in [0.3, 0.4) is 0 Å². The molecule has 3 fully saturated rings. The average molecular weight is 532 g/mol. The van der Waals surface area contributed by atoms with E-state index >= 15 is 0 Å². The van der Waals surface area contributed by atoms with E-state index in [2.05, 4.69) is 12.2 Å². The van der Waals surface area contributed by atoms with Gasteiger partial charge in [-0.3, -0.25) is 19.3 Å². The summed E-state index contributed by atoms with van der Waals surface area (Å²) < 4.78 is 5.52. The molecule has 6 heteroatoms. The lowest BCUT2D eigenvalue weighted by Crippen LogP contribution is -2.48. The van der Waals surface area contributed by atoms with E-state index in [9.17, 15) is 19.2 Å². The van der Waals surface area contributed by atoms with Crippen LogP contribution in [0.5, 0.6) is 0 Å². The molecule has 0 radical (unpaired) electrons. The Balaban J connectivity index is 1.09. The Hall–Kier alpha value is -4.32. The number of Topliss-reactive ketones (excluding diaryl/α,β-unsaturated/α-hetero) is 1. The van der Waals surface area contributed by atoms with Gasteiger partial charge in [0.15, 0.2) is 12.4 Å². The van der Waals surface area contributed by atoms with Crippen molar-refractivity contribution in [3.8, 4) is 11.1 Å². The molecule has 7 atom stereocenters. The molecule has 5 aliphatic rings. The van der Waals surface area contributed by atoms with Crippen molar-refractivity contribution in [2.45, 2.75) is 18.9 Å². The maximum atomic E-state index is 13.7. The van der Waals surface area contributed by atoms with Gasteiger partial charge >= 0.3 is 5.97 Å². The van der Waals surface area contributed by atoms with E-state index in [-0.39, 0.29) is 35.9 Å². The number of allylic oxidation sites excluding steroid dienone is 2. The minimum Gasteiger partial charge on any atom is -0.456 e. The molecule has 2 saturated carbocycles. The molecule has 3 aromatic rings. The third-order valence-corrected chi connectivity index (χ3v) is 9.21. The molecule has 8 rings (SSSR count). The van der Waals surface area contributed by atoms with Gasteiger partial charge in [0.1, 0.15) is 6.04 Å². The van der Waals surface area contributed by atoms with Crippen LogP contribution in [-0.2, 0) is 25.5 Å². The fourth-order valence-electron chi connectivity index (χ4n) is 7.20. The summed E-state index contributed by atoms with van der Waals surface area (Å²) in [4.78, 5) is 55.1. The molecule has 1 aliphatic heterocycles.